The predicted octanol–water partition coefficient (Wildman–Crippen LogP) is 2.24. The molecule has 19 heavy (non-hydrogen) atoms. The molecule has 108 valence electrons. The van der Waals surface area contributed by atoms with Crippen molar-refractivity contribution < 1.29 is 4.79 Å². The number of amides is 1. The van der Waals surface area contributed by atoms with Crippen molar-refractivity contribution in [1.82, 2.24) is 10.6 Å². The summed E-state index contributed by atoms with van der Waals surface area (Å²) in [4.78, 5) is 12.5. The molecule has 4 rings (SSSR count). The van der Waals surface area contributed by atoms with E-state index >= 15 is 0 Å². The van der Waals surface area contributed by atoms with Gasteiger partial charge in [-0.2, -0.15) is 0 Å². The molecular formula is C15H25ClN2O. The second-order valence-corrected chi connectivity index (χ2v) is 7.02. The number of hydrogen-bond donors (Lipinski definition) is 2. The highest BCUT2D eigenvalue weighted by molar-refractivity contribution is 5.85. The van der Waals surface area contributed by atoms with Gasteiger partial charge in [-0.3, -0.25) is 4.79 Å². The minimum Gasteiger partial charge on any atom is -0.353 e. The molecule has 3 nitrogen and oxygen atoms in total. The number of hydrogen-bond acceptors (Lipinski definition) is 2. The molecule has 2 heterocycles. The van der Waals surface area contributed by atoms with E-state index in [1.54, 1.807) is 0 Å². The third-order valence-corrected chi connectivity index (χ3v) is 5.38. The van der Waals surface area contributed by atoms with Crippen LogP contribution in [0.5, 0.6) is 0 Å². The maximum atomic E-state index is 12.5. The lowest BCUT2D eigenvalue weighted by Crippen LogP contribution is -2.49. The minimum atomic E-state index is 0. The smallest absolute Gasteiger partial charge is 0.223 e. The maximum absolute atomic E-state index is 12.5. The normalized spacial score (nSPS) is 37.0. The molecule has 1 amide bonds. The van der Waals surface area contributed by atoms with Crippen molar-refractivity contribution in [2.24, 2.45) is 17.8 Å². The molecular weight excluding hydrogens is 260 g/mol. The summed E-state index contributed by atoms with van der Waals surface area (Å²) in [6.45, 7) is 0. The number of fused-ring (bicyclic) bond motifs is 2. The molecule has 4 aliphatic rings. The van der Waals surface area contributed by atoms with Crippen LogP contribution in [0.1, 0.15) is 51.4 Å². The van der Waals surface area contributed by atoms with Gasteiger partial charge in [0.1, 0.15) is 0 Å². The second-order valence-electron chi connectivity index (χ2n) is 7.02. The highest BCUT2D eigenvalue weighted by Gasteiger charge is 2.46. The van der Waals surface area contributed by atoms with Gasteiger partial charge in [-0.25, -0.2) is 0 Å². The highest BCUT2D eigenvalue weighted by Crippen LogP contribution is 2.49. The molecule has 4 fully saturated rings. The Labute approximate surface area is 121 Å². The van der Waals surface area contributed by atoms with Gasteiger partial charge in [0.05, 0.1) is 0 Å². The third kappa shape index (κ3) is 2.92. The standard InChI is InChI=1S/C15H24N2O.ClH/c18-15(14(9-1-2-9)10-3-4-10)17-13-7-11-5-6-12(8-13)16-11;/h9-14,16H,1-8H2,(H,17,18);1H. The summed E-state index contributed by atoms with van der Waals surface area (Å²) in [7, 11) is 0. The molecule has 0 spiro atoms. The maximum Gasteiger partial charge on any atom is 0.223 e. The van der Waals surface area contributed by atoms with E-state index in [2.05, 4.69) is 10.6 Å². The third-order valence-electron chi connectivity index (χ3n) is 5.38. The average molecular weight is 285 g/mol. The number of piperidine rings is 1. The van der Waals surface area contributed by atoms with Gasteiger partial charge < -0.3 is 10.6 Å². The van der Waals surface area contributed by atoms with Crippen molar-refractivity contribution in [2.75, 3.05) is 0 Å². The van der Waals surface area contributed by atoms with E-state index in [9.17, 15) is 4.79 Å². The lowest BCUT2D eigenvalue weighted by atomic mass is 9.94. The van der Waals surface area contributed by atoms with E-state index in [1.165, 1.54) is 38.5 Å². The van der Waals surface area contributed by atoms with Crippen LogP contribution in [0.3, 0.4) is 0 Å². The van der Waals surface area contributed by atoms with E-state index in [0.29, 0.717) is 30.0 Å². The van der Waals surface area contributed by atoms with Crippen molar-refractivity contribution in [2.45, 2.75) is 69.5 Å². The number of rotatable bonds is 4. The Morgan fingerprint density at radius 1 is 0.947 bits per heavy atom. The first-order chi connectivity index (χ1) is 8.79. The van der Waals surface area contributed by atoms with Crippen molar-refractivity contribution in [3.05, 3.63) is 0 Å². The Kier molecular flexibility index (Phi) is 3.78. The Morgan fingerprint density at radius 3 is 1.95 bits per heavy atom. The summed E-state index contributed by atoms with van der Waals surface area (Å²) < 4.78 is 0. The Bertz CT molecular complexity index is 330. The highest BCUT2D eigenvalue weighted by atomic mass is 35.5. The monoisotopic (exact) mass is 284 g/mol. The molecule has 0 aromatic heterocycles. The van der Waals surface area contributed by atoms with Crippen LogP contribution in [-0.2, 0) is 4.79 Å². The molecule has 0 aromatic carbocycles. The number of nitrogens with one attached hydrogen (secondary N) is 2. The summed E-state index contributed by atoms with van der Waals surface area (Å²) in [5, 5.41) is 7.03. The van der Waals surface area contributed by atoms with Gasteiger partial charge in [-0.15, -0.1) is 12.4 Å². The van der Waals surface area contributed by atoms with Crippen molar-refractivity contribution >= 4 is 18.3 Å². The van der Waals surface area contributed by atoms with Gasteiger partial charge in [0, 0.05) is 24.0 Å². The molecule has 2 N–H and O–H groups in total. The number of carbonyl (C=O) groups excluding carboxylic acids is 1. The quantitative estimate of drug-likeness (QED) is 0.831. The van der Waals surface area contributed by atoms with Crippen molar-refractivity contribution in [3.63, 3.8) is 0 Å². The first kappa shape index (κ1) is 13.7. The molecule has 0 radical (unpaired) electrons. The van der Waals surface area contributed by atoms with Crippen molar-refractivity contribution in [3.8, 4) is 0 Å². The van der Waals surface area contributed by atoms with Gasteiger partial charge in [-0.1, -0.05) is 0 Å². The zero-order valence-corrected chi connectivity index (χ0v) is 12.3. The summed E-state index contributed by atoms with van der Waals surface area (Å²) in [6.07, 6.45) is 10.1. The fourth-order valence-corrected chi connectivity index (χ4v) is 4.20. The molecule has 0 aromatic rings. The Morgan fingerprint density at radius 2 is 1.47 bits per heavy atom. The lowest BCUT2D eigenvalue weighted by molar-refractivity contribution is -0.127. The van der Waals surface area contributed by atoms with Crippen LogP contribution in [0.4, 0.5) is 0 Å². The van der Waals surface area contributed by atoms with Crippen LogP contribution >= 0.6 is 12.4 Å². The average Bonchev–Trinajstić information content (AvgIpc) is 3.22. The van der Waals surface area contributed by atoms with Gasteiger partial charge in [0.2, 0.25) is 5.91 Å². The number of halogens is 1. The fourth-order valence-electron chi connectivity index (χ4n) is 4.20. The molecule has 2 bridgehead atoms. The molecule has 4 heteroatoms. The Hall–Kier alpha value is -0.280. The fraction of sp³-hybridized carbons (Fsp3) is 0.933. The van der Waals surface area contributed by atoms with Crippen LogP contribution in [0, 0.1) is 17.8 Å². The van der Waals surface area contributed by atoms with Crippen LogP contribution in [0.2, 0.25) is 0 Å². The predicted molar refractivity (Wildman–Crippen MR) is 77.3 cm³/mol. The summed E-state index contributed by atoms with van der Waals surface area (Å²) >= 11 is 0. The van der Waals surface area contributed by atoms with E-state index in [1.807, 2.05) is 0 Å². The summed E-state index contributed by atoms with van der Waals surface area (Å²) in [5.41, 5.74) is 0. The van der Waals surface area contributed by atoms with Crippen LogP contribution < -0.4 is 10.6 Å². The van der Waals surface area contributed by atoms with Crippen LogP contribution in [-0.4, -0.2) is 24.0 Å². The molecule has 2 saturated heterocycles. The van der Waals surface area contributed by atoms with Gasteiger partial charge >= 0.3 is 0 Å². The Balaban J connectivity index is 0.00000110. The van der Waals surface area contributed by atoms with Crippen LogP contribution in [0.25, 0.3) is 0 Å². The van der Waals surface area contributed by atoms with Crippen molar-refractivity contribution in [1.29, 1.82) is 0 Å². The molecule has 2 aliphatic heterocycles. The second kappa shape index (κ2) is 5.25. The van der Waals surface area contributed by atoms with E-state index in [0.717, 1.165) is 24.7 Å². The van der Waals surface area contributed by atoms with Gasteiger partial charge in [0.15, 0.2) is 0 Å². The summed E-state index contributed by atoms with van der Waals surface area (Å²) in [5.74, 6) is 2.23. The minimum absolute atomic E-state index is 0. The zero-order chi connectivity index (χ0) is 12.1. The largest absolute Gasteiger partial charge is 0.353 e. The van der Waals surface area contributed by atoms with Gasteiger partial charge in [-0.05, 0) is 63.2 Å². The molecule has 2 unspecified atom stereocenters. The van der Waals surface area contributed by atoms with E-state index < -0.39 is 0 Å². The SMILES string of the molecule is Cl.O=C(NC1CC2CCC(C1)N2)C(C1CC1)C1CC1. The zero-order valence-electron chi connectivity index (χ0n) is 11.4. The first-order valence-electron chi connectivity index (χ1n) is 7.86. The van der Waals surface area contributed by atoms with Gasteiger partial charge in [0.25, 0.3) is 0 Å². The number of carbonyl (C=O) groups is 1. The first-order valence-corrected chi connectivity index (χ1v) is 7.86. The molecule has 2 atom stereocenters. The molecule has 2 aliphatic carbocycles. The topological polar surface area (TPSA) is 41.1 Å². The molecule has 2 saturated carbocycles. The van der Waals surface area contributed by atoms with E-state index in [-0.39, 0.29) is 12.4 Å². The lowest BCUT2D eigenvalue weighted by Gasteiger charge is -2.31. The van der Waals surface area contributed by atoms with E-state index in [4.69, 9.17) is 0 Å². The van der Waals surface area contributed by atoms with Crippen LogP contribution in [0.15, 0.2) is 0 Å². The summed E-state index contributed by atoms with van der Waals surface area (Å²) in [6, 6.07) is 1.81.